The lowest BCUT2D eigenvalue weighted by molar-refractivity contribution is -0.143. The number of hydrogen-bond acceptors (Lipinski definition) is 25. The van der Waals surface area contributed by atoms with Crippen LogP contribution in [0.15, 0.2) is 0 Å². The van der Waals surface area contributed by atoms with E-state index in [-0.39, 0.29) is 108 Å². The fraction of sp³-hybridized carbons (Fsp3) is 0.766. The van der Waals surface area contributed by atoms with Gasteiger partial charge in [-0.25, -0.2) is 4.79 Å². The molecule has 1 heterocycles. The number of carboxylic acids is 2. The number of nitrogens with one attached hydrogen (secondary N) is 13. The van der Waals surface area contributed by atoms with Crippen molar-refractivity contribution in [3.8, 4) is 0 Å². The van der Waals surface area contributed by atoms with Crippen molar-refractivity contribution in [2.75, 3.05) is 67.7 Å². The summed E-state index contributed by atoms with van der Waals surface area (Å²) >= 11 is 5.44. The molecule has 1 aliphatic rings. The van der Waals surface area contributed by atoms with Gasteiger partial charge in [0.2, 0.25) is 94.5 Å². The smallest absolute Gasteiger partial charge is 0.326 e. The second-order valence-electron chi connectivity index (χ2n) is 30.8. The molecule has 0 aromatic rings. The van der Waals surface area contributed by atoms with Crippen LogP contribution in [0.5, 0.6) is 0 Å². The minimum absolute atomic E-state index is 0.0115. The van der Waals surface area contributed by atoms with Crippen LogP contribution in [-0.2, 0) is 86.3 Å². The molecule has 25 N–H and O–H groups in total. The van der Waals surface area contributed by atoms with E-state index in [2.05, 4.69) is 69.1 Å². The topological polar surface area (TPSA) is 637 Å². The monoisotopic (exact) mass is 1780 g/mol. The van der Waals surface area contributed by atoms with Gasteiger partial charge in [0.15, 0.2) is 0 Å². The Hall–Kier alpha value is -8.26. The van der Waals surface area contributed by atoms with Crippen LogP contribution < -0.4 is 97.8 Å². The largest absolute Gasteiger partial charge is 0.481 e. The fourth-order valence-corrected chi connectivity index (χ4v) is 14.5. The number of unbranched alkanes of at least 4 members (excludes halogenated alkanes) is 2. The number of rotatable bonds is 63. The van der Waals surface area contributed by atoms with Crippen LogP contribution in [0.1, 0.15) is 191 Å². The molecule has 16 amide bonds. The van der Waals surface area contributed by atoms with Crippen LogP contribution in [0, 0.1) is 23.7 Å². The van der Waals surface area contributed by atoms with Crippen molar-refractivity contribution in [3.05, 3.63) is 0 Å². The highest BCUT2D eigenvalue weighted by atomic mass is 32.2. The van der Waals surface area contributed by atoms with Gasteiger partial charge in [-0.3, -0.25) is 81.5 Å². The van der Waals surface area contributed by atoms with Crippen molar-refractivity contribution in [2.24, 2.45) is 52.3 Å². The molecule has 0 saturated carbocycles. The van der Waals surface area contributed by atoms with Crippen LogP contribution in [0.25, 0.3) is 0 Å². The molecule has 120 heavy (non-hydrogen) atoms. The second-order valence-corrected chi connectivity index (χ2v) is 34.8. The van der Waals surface area contributed by atoms with E-state index in [1.54, 1.807) is 74.2 Å². The summed E-state index contributed by atoms with van der Waals surface area (Å²) in [5, 5.41) is 54.1. The van der Waals surface area contributed by atoms with Gasteiger partial charge in [-0.15, -0.1) is 0 Å². The molecular formula is C77H137N19O20S4. The standard InChI is InChI=1S/C77H137N19O20S4/c1-14-43(7)61(95-71(109)55(40-59(99)100)91-66(104)48(24-26-57(81)97)84-67(105)49(28-35-117-10)87-72(110)56-23-20-34-96(56)76(114)52(31-38-120-13)89-63(101)45(9)80)74(112)88-47(22-17-19-33-79)65(103)86-51(30-37-119-12)69(107)94-62(44(8)15-2)75(113)92-54(39-41(3)4)70(108)83-46(21-16-18-32-78)64(102)85-50(29-36-118-11)68(106)93-60(42(5)6)73(111)90-53(77(115)116)25-27-58(82)98/h41-56,60-62H,14-40,78-80H2,1-13H3,(H2,81,97)(H2,82,98)(H,83,108)(H,84,105)(H,85,102)(H,86,103)(H,87,110)(H,88,112)(H,89,101)(H,90,111)(H,91,104)(H,92,113)(H,93,106)(H,94,107)(H,95,109)(H,99,100)(H,115,116)/t43-,44-,45-,46-,47-,48-,49-,50-,51-,52-,53-,54-,55-,56-,60-,61-,62-/m0/s1. The third-order valence-corrected chi connectivity index (χ3v) is 22.7. The highest BCUT2D eigenvalue weighted by molar-refractivity contribution is 7.99. The van der Waals surface area contributed by atoms with Crippen molar-refractivity contribution in [1.29, 1.82) is 0 Å². The number of carboxylic acid groups (broad SMARTS) is 2. The first-order valence-electron chi connectivity index (χ1n) is 41.0. The zero-order chi connectivity index (χ0) is 91.1. The van der Waals surface area contributed by atoms with E-state index >= 15 is 0 Å². The SMILES string of the molecule is CC[C@H](C)[C@H](NC(=O)[C@H](CC(=O)O)NC(=O)[C@H](CCC(N)=O)NC(=O)[C@H](CCSC)NC(=O)[C@@H]1CCCN1C(=O)[C@H](CCSC)NC(=O)[C@H](C)N)C(=O)N[C@@H](CCCCN)C(=O)N[C@@H](CCSC)C(=O)N[C@H](C(=O)N[C@@H](CC(C)C)C(=O)N[C@@H](CCCCN)C(=O)N[C@@H](CCSC)C(=O)N[C@H](C(=O)N[C@@H](CCC(N)=O)C(=O)O)C(C)C)[C@@H](C)CC. The van der Waals surface area contributed by atoms with Gasteiger partial charge in [-0.05, 0) is 188 Å². The van der Waals surface area contributed by atoms with E-state index in [1.165, 1.54) is 58.9 Å². The highest BCUT2D eigenvalue weighted by Gasteiger charge is 2.43. The van der Waals surface area contributed by atoms with Gasteiger partial charge in [0, 0.05) is 19.4 Å². The summed E-state index contributed by atoms with van der Waals surface area (Å²) in [6, 6.07) is -20.5. The molecule has 0 bridgehead atoms. The normalized spacial score (nSPS) is 16.6. The maximum absolute atomic E-state index is 14.8. The van der Waals surface area contributed by atoms with E-state index in [4.69, 9.17) is 28.7 Å². The van der Waals surface area contributed by atoms with Gasteiger partial charge in [0.25, 0.3) is 0 Å². The number of carbonyl (C=O) groups is 18. The number of likely N-dealkylation sites (tertiary alicyclic amines) is 1. The molecule has 1 rings (SSSR count). The lowest BCUT2D eigenvalue weighted by atomic mass is 9.96. The molecule has 0 aromatic heterocycles. The van der Waals surface area contributed by atoms with Gasteiger partial charge in [0.05, 0.1) is 12.5 Å². The molecular weight excluding hydrogens is 1640 g/mol. The average molecular weight is 1780 g/mol. The third-order valence-electron chi connectivity index (χ3n) is 20.2. The van der Waals surface area contributed by atoms with E-state index in [0.717, 1.165) is 0 Å². The van der Waals surface area contributed by atoms with Gasteiger partial charge in [-0.2, -0.15) is 47.0 Å². The first-order chi connectivity index (χ1) is 56.6. The number of carbonyl (C=O) groups excluding carboxylic acids is 16. The summed E-state index contributed by atoms with van der Waals surface area (Å²) in [5.41, 5.74) is 28.2. The van der Waals surface area contributed by atoms with Crippen molar-refractivity contribution in [3.63, 3.8) is 0 Å². The summed E-state index contributed by atoms with van der Waals surface area (Å²) in [7, 11) is 0. The lowest BCUT2D eigenvalue weighted by Crippen LogP contribution is -2.62. The number of nitrogens with zero attached hydrogens (tertiary/aromatic N) is 1. The van der Waals surface area contributed by atoms with Crippen LogP contribution in [0.3, 0.4) is 0 Å². The number of amides is 16. The van der Waals surface area contributed by atoms with Crippen LogP contribution in [0.2, 0.25) is 0 Å². The van der Waals surface area contributed by atoms with E-state index < -0.39 is 234 Å². The van der Waals surface area contributed by atoms with E-state index in [9.17, 15) is 96.5 Å². The minimum Gasteiger partial charge on any atom is -0.481 e. The molecule has 0 radical (unpaired) electrons. The Morgan fingerprint density at radius 3 is 1.09 bits per heavy atom. The van der Waals surface area contributed by atoms with Gasteiger partial charge < -0.3 is 113 Å². The average Bonchev–Trinajstić information content (AvgIpc) is 1.63. The van der Waals surface area contributed by atoms with Crippen molar-refractivity contribution >= 4 is 154 Å². The Balaban J connectivity index is 3.72. The molecule has 684 valence electrons. The summed E-state index contributed by atoms with van der Waals surface area (Å²) in [5.74, 6) is -17.4. The Morgan fingerprint density at radius 1 is 0.392 bits per heavy atom. The zero-order valence-electron chi connectivity index (χ0n) is 71.8. The minimum atomic E-state index is -1.97. The quantitative estimate of drug-likeness (QED) is 0.0287. The van der Waals surface area contributed by atoms with E-state index in [1.807, 2.05) is 6.26 Å². The summed E-state index contributed by atoms with van der Waals surface area (Å²) in [4.78, 5) is 249. The predicted octanol–water partition coefficient (Wildman–Crippen LogP) is -2.22. The first kappa shape index (κ1) is 110. The molecule has 1 aliphatic heterocycles. The molecule has 0 aliphatic carbocycles. The fourth-order valence-electron chi connectivity index (χ4n) is 12.6. The Labute approximate surface area is 721 Å². The molecule has 0 spiro atoms. The molecule has 43 heteroatoms. The molecule has 1 fully saturated rings. The van der Waals surface area contributed by atoms with Gasteiger partial charge >= 0.3 is 11.9 Å². The van der Waals surface area contributed by atoms with Gasteiger partial charge in [-0.1, -0.05) is 68.2 Å². The number of primary amides is 2. The maximum atomic E-state index is 14.8. The van der Waals surface area contributed by atoms with Crippen LogP contribution in [0.4, 0.5) is 0 Å². The molecule has 0 unspecified atom stereocenters. The van der Waals surface area contributed by atoms with Crippen molar-refractivity contribution in [1.82, 2.24) is 74.0 Å². The lowest BCUT2D eigenvalue weighted by Gasteiger charge is -2.31. The van der Waals surface area contributed by atoms with Crippen LogP contribution in [-0.4, -0.2) is 280 Å². The number of hydrogen-bond donors (Lipinski definition) is 20. The molecule has 39 nitrogen and oxygen atoms in total. The molecule has 1 saturated heterocycles. The highest BCUT2D eigenvalue weighted by Crippen LogP contribution is 2.22. The van der Waals surface area contributed by atoms with Crippen molar-refractivity contribution in [2.45, 2.75) is 281 Å². The number of nitrogens with two attached hydrogens (primary N) is 5. The summed E-state index contributed by atoms with van der Waals surface area (Å²) in [6.45, 7) is 15.5. The molecule has 17 atom stereocenters. The maximum Gasteiger partial charge on any atom is 0.326 e. The third kappa shape index (κ3) is 41.1. The Bertz CT molecular complexity index is 3370. The summed E-state index contributed by atoms with van der Waals surface area (Å²) < 4.78 is 0. The van der Waals surface area contributed by atoms with Crippen molar-refractivity contribution < 1.29 is 96.5 Å². The predicted molar refractivity (Wildman–Crippen MR) is 461 cm³/mol. The first-order valence-corrected chi connectivity index (χ1v) is 46.6. The summed E-state index contributed by atoms with van der Waals surface area (Å²) in [6.07, 6.45) is 6.99. The Morgan fingerprint density at radius 2 is 0.717 bits per heavy atom. The number of thioether (sulfide) groups is 4. The van der Waals surface area contributed by atoms with Crippen LogP contribution >= 0.6 is 47.0 Å². The second kappa shape index (κ2) is 59.5. The van der Waals surface area contributed by atoms with Gasteiger partial charge in [0.1, 0.15) is 84.6 Å². The Kier molecular flexibility index (Phi) is 54.4. The van der Waals surface area contributed by atoms with E-state index in [0.29, 0.717) is 49.4 Å². The zero-order valence-corrected chi connectivity index (χ0v) is 75.0. The molecule has 0 aromatic carbocycles. The number of aliphatic carboxylic acids is 2.